The van der Waals surface area contributed by atoms with E-state index in [-0.39, 0.29) is 31.0 Å². The monoisotopic (exact) mass is 579 g/mol. The molecule has 0 spiro atoms. The number of hydrogen-bond donors (Lipinski definition) is 3. The summed E-state index contributed by atoms with van der Waals surface area (Å²) in [6, 6.07) is 21.3. The molecule has 0 bridgehead atoms. The van der Waals surface area contributed by atoms with Crippen LogP contribution in [-0.4, -0.2) is 44.0 Å². The molecule has 4 heterocycles. The molecule has 0 saturated carbocycles. The van der Waals surface area contributed by atoms with Gasteiger partial charge < -0.3 is 25.1 Å². The summed E-state index contributed by atoms with van der Waals surface area (Å²) in [4.78, 5) is 34.3. The lowest BCUT2D eigenvalue weighted by Crippen LogP contribution is -2.45. The number of aromatic amines is 1. The van der Waals surface area contributed by atoms with Gasteiger partial charge in [-0.15, -0.1) is 0 Å². The van der Waals surface area contributed by atoms with Crippen LogP contribution >= 0.6 is 0 Å². The first-order chi connectivity index (χ1) is 20.9. The predicted molar refractivity (Wildman–Crippen MR) is 159 cm³/mol. The first-order valence-electron chi connectivity index (χ1n) is 13.8. The molecule has 1 amide bonds. The van der Waals surface area contributed by atoms with Crippen LogP contribution in [-0.2, 0) is 14.3 Å². The minimum atomic E-state index is -0.926. The number of carbonyl (C=O) groups is 1. The molecular weight excluding hydrogens is 549 g/mol. The molecule has 1 aliphatic heterocycles. The van der Waals surface area contributed by atoms with Gasteiger partial charge >= 0.3 is 0 Å². The summed E-state index contributed by atoms with van der Waals surface area (Å²) in [6.45, 7) is 4.01. The number of amides is 1. The van der Waals surface area contributed by atoms with Gasteiger partial charge in [0.2, 0.25) is 18.1 Å². The third-order valence-corrected chi connectivity index (χ3v) is 7.19. The highest BCUT2D eigenvalue weighted by molar-refractivity contribution is 5.95. The second-order valence-corrected chi connectivity index (χ2v) is 10.6. The predicted octanol–water partition coefficient (Wildman–Crippen LogP) is 5.93. The van der Waals surface area contributed by atoms with Crippen LogP contribution in [0.2, 0.25) is 0 Å². The van der Waals surface area contributed by atoms with Crippen molar-refractivity contribution in [3.63, 3.8) is 0 Å². The van der Waals surface area contributed by atoms with Crippen molar-refractivity contribution in [3.8, 4) is 22.6 Å². The summed E-state index contributed by atoms with van der Waals surface area (Å²) < 4.78 is 25.8. The van der Waals surface area contributed by atoms with Gasteiger partial charge in [0.1, 0.15) is 5.82 Å². The Balaban J connectivity index is 1.25. The molecule has 1 saturated heterocycles. The number of benzene rings is 2. The summed E-state index contributed by atoms with van der Waals surface area (Å²) in [7, 11) is 0. The largest absolute Gasteiger partial charge is 0.348 e. The van der Waals surface area contributed by atoms with Gasteiger partial charge in [-0.1, -0.05) is 30.3 Å². The van der Waals surface area contributed by atoms with Gasteiger partial charge in [0, 0.05) is 18.0 Å². The van der Waals surface area contributed by atoms with Crippen LogP contribution < -0.4 is 10.6 Å². The van der Waals surface area contributed by atoms with E-state index in [1.807, 2.05) is 37.3 Å². The Hall–Kier alpha value is -5.00. The third-order valence-electron chi connectivity index (χ3n) is 7.19. The molecule has 43 heavy (non-hydrogen) atoms. The van der Waals surface area contributed by atoms with Gasteiger partial charge in [0.25, 0.3) is 0 Å². The topological polar surface area (TPSA) is 127 Å². The molecule has 1 aliphatic rings. The van der Waals surface area contributed by atoms with Crippen LogP contribution in [0.4, 0.5) is 16.0 Å². The van der Waals surface area contributed by atoms with Gasteiger partial charge in [-0.25, -0.2) is 19.3 Å². The Morgan fingerprint density at radius 2 is 1.77 bits per heavy atom. The summed E-state index contributed by atoms with van der Waals surface area (Å²) in [5.41, 5.74) is 3.16. The number of carbonyl (C=O) groups excluding carboxylic acids is 1. The maximum Gasteiger partial charge on any atom is 0.235 e. The molecule has 10 nitrogen and oxygen atoms in total. The van der Waals surface area contributed by atoms with Gasteiger partial charge in [0.15, 0.2) is 5.82 Å². The third kappa shape index (κ3) is 6.27. The molecule has 5 aromatic rings. The Morgan fingerprint density at radius 3 is 2.49 bits per heavy atom. The number of nitrogens with one attached hydrogen (secondary N) is 3. The number of halogens is 1. The molecule has 218 valence electrons. The first kappa shape index (κ1) is 28.1. The molecule has 0 radical (unpaired) electrons. The molecular formula is C32H30FN7O3. The van der Waals surface area contributed by atoms with E-state index in [0.717, 1.165) is 5.56 Å². The minimum Gasteiger partial charge on any atom is -0.348 e. The molecule has 11 heteroatoms. The van der Waals surface area contributed by atoms with Gasteiger partial charge in [-0.3, -0.25) is 9.78 Å². The van der Waals surface area contributed by atoms with Crippen LogP contribution in [0, 0.1) is 11.2 Å². The zero-order valence-corrected chi connectivity index (χ0v) is 23.6. The standard InChI is InChI=1S/C32H30FN7O3/c1-20(21-7-4-3-5-8-21)36-31-35-16-14-25(38-31)27-26(22-10-12-23(33)13-11-22)39-28(40-27)29-42-18-32(2,19-43-29)30(41)37-24-9-6-15-34-17-24/h3-17,20,29H,18-19H2,1-2H3,(H,37,41)(H,39,40)(H,35,36,38). The zero-order chi connectivity index (χ0) is 29.8. The maximum atomic E-state index is 13.8. The molecule has 2 aromatic carbocycles. The molecule has 0 aliphatic carbocycles. The van der Waals surface area contributed by atoms with E-state index >= 15 is 0 Å². The van der Waals surface area contributed by atoms with E-state index in [4.69, 9.17) is 19.4 Å². The van der Waals surface area contributed by atoms with Crippen molar-refractivity contribution in [2.24, 2.45) is 5.41 Å². The van der Waals surface area contributed by atoms with Crippen LogP contribution in [0.15, 0.2) is 91.4 Å². The van der Waals surface area contributed by atoms with Crippen molar-refractivity contribution < 1.29 is 18.7 Å². The summed E-state index contributed by atoms with van der Waals surface area (Å²) in [5, 5.41) is 6.21. The minimum absolute atomic E-state index is 0.0287. The lowest BCUT2D eigenvalue weighted by Gasteiger charge is -2.35. The number of pyridine rings is 1. The Kier molecular flexibility index (Phi) is 7.91. The first-order valence-corrected chi connectivity index (χ1v) is 13.8. The van der Waals surface area contributed by atoms with Gasteiger partial charge in [0.05, 0.1) is 53.6 Å². The summed E-state index contributed by atoms with van der Waals surface area (Å²) >= 11 is 0. The van der Waals surface area contributed by atoms with Crippen molar-refractivity contribution >= 4 is 17.5 Å². The van der Waals surface area contributed by atoms with Crippen molar-refractivity contribution in [2.45, 2.75) is 26.2 Å². The van der Waals surface area contributed by atoms with E-state index in [1.165, 1.54) is 12.1 Å². The zero-order valence-electron chi connectivity index (χ0n) is 23.6. The normalized spacial score (nSPS) is 19.0. The lowest BCUT2D eigenvalue weighted by molar-refractivity contribution is -0.229. The average Bonchev–Trinajstić information content (AvgIpc) is 3.48. The highest BCUT2D eigenvalue weighted by Gasteiger charge is 2.41. The maximum absolute atomic E-state index is 13.8. The van der Waals surface area contributed by atoms with Gasteiger partial charge in [-0.05, 0) is 61.9 Å². The smallest absolute Gasteiger partial charge is 0.235 e. The summed E-state index contributed by atoms with van der Waals surface area (Å²) in [5.74, 6) is 0.245. The van der Waals surface area contributed by atoms with E-state index in [1.54, 1.807) is 55.8 Å². The number of hydrogen-bond acceptors (Lipinski definition) is 8. The highest BCUT2D eigenvalue weighted by Crippen LogP contribution is 2.36. The number of aromatic nitrogens is 5. The quantitative estimate of drug-likeness (QED) is 0.206. The fourth-order valence-electron chi connectivity index (χ4n) is 4.71. The van der Waals surface area contributed by atoms with E-state index in [2.05, 4.69) is 25.6 Å². The Morgan fingerprint density at radius 1 is 1.00 bits per heavy atom. The van der Waals surface area contributed by atoms with Crippen molar-refractivity contribution in [3.05, 3.63) is 109 Å². The number of nitrogens with zero attached hydrogens (tertiary/aromatic N) is 4. The molecule has 1 atom stereocenters. The van der Waals surface area contributed by atoms with Gasteiger partial charge in [-0.2, -0.15) is 0 Å². The van der Waals surface area contributed by atoms with Crippen LogP contribution in [0.3, 0.4) is 0 Å². The molecule has 3 aromatic heterocycles. The second kappa shape index (κ2) is 12.1. The lowest BCUT2D eigenvalue weighted by atomic mass is 9.91. The fraction of sp³-hybridized carbons (Fsp3) is 0.219. The summed E-state index contributed by atoms with van der Waals surface area (Å²) in [6.07, 6.45) is 4.02. The highest BCUT2D eigenvalue weighted by atomic mass is 19.1. The molecule has 1 unspecified atom stereocenters. The van der Waals surface area contributed by atoms with Crippen molar-refractivity contribution in [1.29, 1.82) is 0 Å². The molecule has 3 N–H and O–H groups in total. The number of imidazole rings is 1. The molecule has 6 rings (SSSR count). The van der Waals surface area contributed by atoms with Crippen molar-refractivity contribution in [2.75, 3.05) is 23.8 Å². The second-order valence-electron chi connectivity index (χ2n) is 10.6. The van der Waals surface area contributed by atoms with E-state index in [0.29, 0.717) is 40.1 Å². The number of ether oxygens (including phenoxy) is 2. The van der Waals surface area contributed by atoms with Crippen LogP contribution in [0.1, 0.15) is 37.6 Å². The average molecular weight is 580 g/mol. The van der Waals surface area contributed by atoms with E-state index in [9.17, 15) is 9.18 Å². The SMILES string of the molecule is CC(Nc1nccc(-c2[nH]c(C3OCC(C)(C(=O)Nc4cccnc4)CO3)nc2-c2ccc(F)cc2)n1)c1ccccc1. The Bertz CT molecular complexity index is 1690. The van der Waals surface area contributed by atoms with Crippen LogP contribution in [0.25, 0.3) is 22.6 Å². The van der Waals surface area contributed by atoms with E-state index < -0.39 is 11.7 Å². The Labute approximate surface area is 247 Å². The molecule has 1 fully saturated rings. The number of anilines is 2. The number of rotatable bonds is 8. The van der Waals surface area contributed by atoms with Crippen LogP contribution in [0.5, 0.6) is 0 Å². The fourth-order valence-corrected chi connectivity index (χ4v) is 4.71. The number of H-pyrrole nitrogens is 1. The van der Waals surface area contributed by atoms with Crippen molar-refractivity contribution in [1.82, 2.24) is 24.9 Å².